The lowest BCUT2D eigenvalue weighted by atomic mass is 9.78. The number of carbonyl (C=O) groups is 3. The van der Waals surface area contributed by atoms with Crippen molar-refractivity contribution in [1.29, 1.82) is 0 Å². The summed E-state index contributed by atoms with van der Waals surface area (Å²) >= 11 is 0. The summed E-state index contributed by atoms with van der Waals surface area (Å²) in [5, 5.41) is 9.77. The monoisotopic (exact) mass is 363 g/mol. The van der Waals surface area contributed by atoms with Gasteiger partial charge in [0, 0.05) is 13.1 Å². The number of benzene rings is 1. The number of carboxylic acid groups (broad SMARTS) is 1. The van der Waals surface area contributed by atoms with Gasteiger partial charge < -0.3 is 19.5 Å². The Morgan fingerprint density at radius 2 is 1.85 bits per heavy atom. The van der Waals surface area contributed by atoms with Crippen LogP contribution in [0.15, 0.2) is 30.3 Å². The van der Waals surface area contributed by atoms with Crippen LogP contribution in [0, 0.1) is 5.41 Å². The third-order valence-electron chi connectivity index (χ3n) is 4.71. The van der Waals surface area contributed by atoms with Gasteiger partial charge in [0.1, 0.15) is 0 Å². The predicted octanol–water partition coefficient (Wildman–Crippen LogP) is 1.50. The first-order chi connectivity index (χ1) is 12.5. The molecule has 0 aromatic heterocycles. The van der Waals surface area contributed by atoms with Gasteiger partial charge in [0.25, 0.3) is 0 Å². The second-order valence-corrected chi connectivity index (χ2v) is 6.39. The lowest BCUT2D eigenvalue weighted by Gasteiger charge is -2.31. The summed E-state index contributed by atoms with van der Waals surface area (Å²) in [6.45, 7) is 1.63. The minimum Gasteiger partial charge on any atom is -0.480 e. The molecule has 1 N–H and O–H groups in total. The molecular weight excluding hydrogens is 338 g/mol. The lowest BCUT2D eigenvalue weighted by molar-refractivity contribution is -0.171. The standard InChI is InChI=1S/C19H25NO6/c1-25-18(24)19(17(22)23,9-5-8-15-6-3-2-4-7-15)14-16(21)20-10-12-26-13-11-20/h2-4,6-7H,5,8-14H2,1H3,(H,22,23). The number of hydrogen-bond acceptors (Lipinski definition) is 5. The predicted molar refractivity (Wildman–Crippen MR) is 93.5 cm³/mol. The summed E-state index contributed by atoms with van der Waals surface area (Å²) in [5.41, 5.74) is -0.810. The van der Waals surface area contributed by atoms with Gasteiger partial charge in [0.2, 0.25) is 5.91 Å². The maximum atomic E-state index is 12.6. The van der Waals surface area contributed by atoms with E-state index in [1.165, 1.54) is 0 Å². The zero-order chi connectivity index (χ0) is 19.0. The van der Waals surface area contributed by atoms with Crippen molar-refractivity contribution in [1.82, 2.24) is 4.90 Å². The van der Waals surface area contributed by atoms with Crippen LogP contribution in [-0.4, -0.2) is 61.3 Å². The van der Waals surface area contributed by atoms with Gasteiger partial charge in [0.05, 0.1) is 26.7 Å². The van der Waals surface area contributed by atoms with Crippen LogP contribution in [-0.2, 0) is 30.3 Å². The highest BCUT2D eigenvalue weighted by Gasteiger charge is 2.49. The topological polar surface area (TPSA) is 93.1 Å². The molecule has 1 fully saturated rings. The number of ether oxygens (including phenoxy) is 2. The second-order valence-electron chi connectivity index (χ2n) is 6.39. The third kappa shape index (κ3) is 4.82. The Bertz CT molecular complexity index is 626. The molecule has 1 unspecified atom stereocenters. The Hall–Kier alpha value is -2.41. The van der Waals surface area contributed by atoms with Crippen molar-refractivity contribution in [3.05, 3.63) is 35.9 Å². The van der Waals surface area contributed by atoms with Crippen molar-refractivity contribution in [3.8, 4) is 0 Å². The quantitative estimate of drug-likeness (QED) is 0.556. The van der Waals surface area contributed by atoms with Crippen LogP contribution >= 0.6 is 0 Å². The average Bonchev–Trinajstić information content (AvgIpc) is 2.67. The zero-order valence-electron chi connectivity index (χ0n) is 15.0. The van der Waals surface area contributed by atoms with Gasteiger partial charge in [-0.2, -0.15) is 0 Å². The highest BCUT2D eigenvalue weighted by atomic mass is 16.5. The Balaban J connectivity index is 2.11. The average molecular weight is 363 g/mol. The SMILES string of the molecule is COC(=O)C(CCCc1ccccc1)(CC(=O)N1CCOCC1)C(=O)O. The Kier molecular flexibility index (Phi) is 7.15. The molecular formula is C19H25NO6. The number of carboxylic acids is 1. The number of rotatable bonds is 8. The summed E-state index contributed by atoms with van der Waals surface area (Å²) in [6, 6.07) is 9.60. The summed E-state index contributed by atoms with van der Waals surface area (Å²) < 4.78 is 9.96. The Morgan fingerprint density at radius 1 is 1.19 bits per heavy atom. The molecule has 1 aromatic carbocycles. The second kappa shape index (κ2) is 9.33. The number of aryl methyl sites for hydroxylation is 1. The molecule has 0 radical (unpaired) electrons. The molecule has 0 spiro atoms. The number of amides is 1. The molecule has 1 atom stereocenters. The van der Waals surface area contributed by atoms with Gasteiger partial charge in [-0.3, -0.25) is 14.4 Å². The van der Waals surface area contributed by atoms with Crippen LogP contribution in [0.5, 0.6) is 0 Å². The van der Waals surface area contributed by atoms with Gasteiger partial charge in [0.15, 0.2) is 5.41 Å². The number of aliphatic carboxylic acids is 1. The first-order valence-electron chi connectivity index (χ1n) is 8.71. The van der Waals surface area contributed by atoms with Gasteiger partial charge in [-0.25, -0.2) is 0 Å². The molecule has 7 nitrogen and oxygen atoms in total. The minimum absolute atomic E-state index is 0.0416. The summed E-state index contributed by atoms with van der Waals surface area (Å²) in [7, 11) is 1.15. The molecule has 142 valence electrons. The van der Waals surface area contributed by atoms with Crippen LogP contribution in [0.25, 0.3) is 0 Å². The molecule has 0 bridgehead atoms. The van der Waals surface area contributed by atoms with E-state index in [1.807, 2.05) is 30.3 Å². The highest BCUT2D eigenvalue weighted by molar-refractivity contribution is 6.02. The summed E-state index contributed by atoms with van der Waals surface area (Å²) in [6.07, 6.45) is 0.726. The van der Waals surface area contributed by atoms with Crippen molar-refractivity contribution in [3.63, 3.8) is 0 Å². The minimum atomic E-state index is -1.86. The molecule has 0 saturated carbocycles. The third-order valence-corrected chi connectivity index (χ3v) is 4.71. The van der Waals surface area contributed by atoms with E-state index in [4.69, 9.17) is 9.47 Å². The van der Waals surface area contributed by atoms with E-state index in [0.717, 1.165) is 12.7 Å². The van der Waals surface area contributed by atoms with Crippen molar-refractivity contribution in [2.45, 2.75) is 25.7 Å². The molecule has 1 aliphatic rings. The van der Waals surface area contributed by atoms with Crippen LogP contribution < -0.4 is 0 Å². The largest absolute Gasteiger partial charge is 0.480 e. The van der Waals surface area contributed by atoms with Crippen molar-refractivity contribution < 1.29 is 29.0 Å². The van der Waals surface area contributed by atoms with Gasteiger partial charge in [-0.15, -0.1) is 0 Å². The van der Waals surface area contributed by atoms with Crippen LogP contribution in [0.2, 0.25) is 0 Å². The zero-order valence-corrected chi connectivity index (χ0v) is 15.0. The maximum absolute atomic E-state index is 12.6. The molecule has 0 aliphatic carbocycles. The van der Waals surface area contributed by atoms with E-state index in [2.05, 4.69) is 0 Å². The Labute approximate surface area is 152 Å². The lowest BCUT2D eigenvalue weighted by Crippen LogP contribution is -2.48. The van der Waals surface area contributed by atoms with E-state index < -0.39 is 23.8 Å². The van der Waals surface area contributed by atoms with Gasteiger partial charge in [-0.1, -0.05) is 30.3 Å². The molecule has 1 aliphatic heterocycles. The number of morpholine rings is 1. The Morgan fingerprint density at radius 3 is 2.42 bits per heavy atom. The molecule has 2 rings (SSSR count). The fraction of sp³-hybridized carbons (Fsp3) is 0.526. The molecule has 26 heavy (non-hydrogen) atoms. The molecule has 7 heteroatoms. The summed E-state index contributed by atoms with van der Waals surface area (Å²) in [5.74, 6) is -2.56. The first-order valence-corrected chi connectivity index (χ1v) is 8.71. The maximum Gasteiger partial charge on any atom is 0.323 e. The number of nitrogens with zero attached hydrogens (tertiary/aromatic N) is 1. The smallest absolute Gasteiger partial charge is 0.323 e. The van der Waals surface area contributed by atoms with Crippen molar-refractivity contribution in [2.24, 2.45) is 5.41 Å². The molecule has 1 saturated heterocycles. The van der Waals surface area contributed by atoms with E-state index in [0.29, 0.717) is 39.1 Å². The summed E-state index contributed by atoms with van der Waals surface area (Å²) in [4.78, 5) is 38.4. The first kappa shape index (κ1) is 19.9. The van der Waals surface area contributed by atoms with Crippen LogP contribution in [0.3, 0.4) is 0 Å². The number of carbonyl (C=O) groups excluding carboxylic acids is 2. The van der Waals surface area contributed by atoms with Crippen molar-refractivity contribution in [2.75, 3.05) is 33.4 Å². The van der Waals surface area contributed by atoms with Crippen LogP contribution in [0.1, 0.15) is 24.8 Å². The van der Waals surface area contributed by atoms with Gasteiger partial charge >= 0.3 is 11.9 Å². The molecule has 1 aromatic rings. The van der Waals surface area contributed by atoms with E-state index in [-0.39, 0.29) is 12.3 Å². The van der Waals surface area contributed by atoms with E-state index in [9.17, 15) is 19.5 Å². The normalized spacial score (nSPS) is 16.6. The van der Waals surface area contributed by atoms with Gasteiger partial charge in [-0.05, 0) is 24.8 Å². The fourth-order valence-corrected chi connectivity index (χ4v) is 3.15. The highest BCUT2D eigenvalue weighted by Crippen LogP contribution is 2.32. The number of methoxy groups -OCH3 is 1. The van der Waals surface area contributed by atoms with E-state index >= 15 is 0 Å². The van der Waals surface area contributed by atoms with Crippen molar-refractivity contribution >= 4 is 17.8 Å². The molecule has 1 heterocycles. The number of hydrogen-bond donors (Lipinski definition) is 1. The molecule has 1 amide bonds. The fourth-order valence-electron chi connectivity index (χ4n) is 3.15. The van der Waals surface area contributed by atoms with Crippen LogP contribution in [0.4, 0.5) is 0 Å². The van der Waals surface area contributed by atoms with E-state index in [1.54, 1.807) is 4.90 Å². The number of esters is 1.